The van der Waals surface area contributed by atoms with Crippen LogP contribution in [0.4, 0.5) is 0 Å². The average molecular weight is 215 g/mol. The molecule has 0 N–H and O–H groups in total. The van der Waals surface area contributed by atoms with Gasteiger partial charge in [0.25, 0.3) is 0 Å². The molecule has 1 rings (SSSR count). The van der Waals surface area contributed by atoms with Gasteiger partial charge >= 0.3 is 0 Å². The fourth-order valence-electron chi connectivity index (χ4n) is 1.99. The normalized spacial score (nSPS) is 24.6. The molecule has 2 nitrogen and oxygen atoms in total. The SMILES string of the molecule is CSCCC(C)N(C)C1CCC(=O)C1. The van der Waals surface area contributed by atoms with Crippen LogP contribution in [0.2, 0.25) is 0 Å². The molecule has 0 aromatic rings. The summed E-state index contributed by atoms with van der Waals surface area (Å²) in [4.78, 5) is 13.6. The third kappa shape index (κ3) is 3.28. The van der Waals surface area contributed by atoms with Gasteiger partial charge in [0.2, 0.25) is 0 Å². The summed E-state index contributed by atoms with van der Waals surface area (Å²) in [5.74, 6) is 1.66. The molecular formula is C11H21NOS. The standard InChI is InChI=1S/C11H21NOS/c1-9(6-7-14-3)12(2)10-4-5-11(13)8-10/h9-10H,4-8H2,1-3H3. The highest BCUT2D eigenvalue weighted by Gasteiger charge is 2.27. The van der Waals surface area contributed by atoms with E-state index in [0.29, 0.717) is 17.9 Å². The summed E-state index contributed by atoms with van der Waals surface area (Å²) in [5, 5.41) is 0. The third-order valence-corrected chi connectivity index (χ3v) is 3.87. The third-order valence-electron chi connectivity index (χ3n) is 3.23. The van der Waals surface area contributed by atoms with E-state index in [1.807, 2.05) is 11.8 Å². The lowest BCUT2D eigenvalue weighted by Gasteiger charge is -2.30. The maximum atomic E-state index is 11.2. The molecule has 82 valence electrons. The van der Waals surface area contributed by atoms with Crippen molar-refractivity contribution in [3.63, 3.8) is 0 Å². The monoisotopic (exact) mass is 215 g/mol. The minimum absolute atomic E-state index is 0.443. The molecule has 1 aliphatic carbocycles. The maximum absolute atomic E-state index is 11.2. The molecule has 1 aliphatic rings. The smallest absolute Gasteiger partial charge is 0.134 e. The number of carbonyl (C=O) groups excluding carboxylic acids is 1. The first-order valence-electron chi connectivity index (χ1n) is 5.37. The number of Topliss-reactive ketones (excluding diaryl/α,β-unsaturated/α-hetero) is 1. The van der Waals surface area contributed by atoms with Crippen LogP contribution in [0, 0.1) is 0 Å². The molecule has 0 aromatic heterocycles. The van der Waals surface area contributed by atoms with Gasteiger partial charge in [-0.2, -0.15) is 11.8 Å². The number of hydrogen-bond acceptors (Lipinski definition) is 3. The Kier molecular flexibility index (Phi) is 4.96. The summed E-state index contributed by atoms with van der Waals surface area (Å²) in [7, 11) is 2.16. The zero-order chi connectivity index (χ0) is 10.6. The second-order valence-corrected chi connectivity index (χ2v) is 5.22. The first-order valence-corrected chi connectivity index (χ1v) is 6.77. The lowest BCUT2D eigenvalue weighted by molar-refractivity contribution is -0.117. The number of carbonyl (C=O) groups is 1. The van der Waals surface area contributed by atoms with Crippen molar-refractivity contribution < 1.29 is 4.79 Å². The van der Waals surface area contributed by atoms with Crippen LogP contribution in [0.1, 0.15) is 32.6 Å². The largest absolute Gasteiger partial charge is 0.300 e. The number of hydrogen-bond donors (Lipinski definition) is 0. The van der Waals surface area contributed by atoms with Crippen LogP contribution < -0.4 is 0 Å². The number of rotatable bonds is 5. The summed E-state index contributed by atoms with van der Waals surface area (Å²) < 4.78 is 0. The molecule has 0 heterocycles. The Morgan fingerprint density at radius 3 is 2.86 bits per heavy atom. The summed E-state index contributed by atoms with van der Waals surface area (Å²) in [6, 6.07) is 1.12. The molecule has 0 radical (unpaired) electrons. The zero-order valence-corrected chi connectivity index (χ0v) is 10.3. The summed E-state index contributed by atoms with van der Waals surface area (Å²) >= 11 is 1.90. The minimum Gasteiger partial charge on any atom is -0.300 e. The van der Waals surface area contributed by atoms with Crippen LogP contribution in [0.15, 0.2) is 0 Å². The van der Waals surface area contributed by atoms with E-state index < -0.39 is 0 Å². The fraction of sp³-hybridized carbons (Fsp3) is 0.909. The van der Waals surface area contributed by atoms with E-state index in [2.05, 4.69) is 25.1 Å². The van der Waals surface area contributed by atoms with Gasteiger partial charge in [-0.15, -0.1) is 0 Å². The van der Waals surface area contributed by atoms with Gasteiger partial charge < -0.3 is 4.90 Å². The Hall–Kier alpha value is -0.0200. The summed E-state index contributed by atoms with van der Waals surface area (Å²) in [6.07, 6.45) is 6.01. The van der Waals surface area contributed by atoms with Crippen molar-refractivity contribution in [1.29, 1.82) is 0 Å². The van der Waals surface area contributed by atoms with E-state index in [0.717, 1.165) is 19.3 Å². The highest BCUT2D eigenvalue weighted by atomic mass is 32.2. The van der Waals surface area contributed by atoms with Gasteiger partial charge in [-0.25, -0.2) is 0 Å². The Labute approximate surface area is 91.4 Å². The number of nitrogens with zero attached hydrogens (tertiary/aromatic N) is 1. The van der Waals surface area contributed by atoms with Crippen LogP contribution in [-0.4, -0.2) is 41.8 Å². The molecule has 2 atom stereocenters. The van der Waals surface area contributed by atoms with Crippen LogP contribution in [0.25, 0.3) is 0 Å². The number of ketones is 1. The Bertz CT molecular complexity index is 196. The molecule has 1 saturated carbocycles. The van der Waals surface area contributed by atoms with Crippen molar-refractivity contribution in [2.24, 2.45) is 0 Å². The van der Waals surface area contributed by atoms with Crippen molar-refractivity contribution in [1.82, 2.24) is 4.90 Å². The van der Waals surface area contributed by atoms with Crippen molar-refractivity contribution in [3.8, 4) is 0 Å². The quantitative estimate of drug-likeness (QED) is 0.701. The van der Waals surface area contributed by atoms with Gasteiger partial charge in [-0.1, -0.05) is 0 Å². The van der Waals surface area contributed by atoms with Crippen molar-refractivity contribution in [2.75, 3.05) is 19.1 Å². The number of thioether (sulfide) groups is 1. The summed E-state index contributed by atoms with van der Waals surface area (Å²) in [6.45, 7) is 2.26. The molecule has 0 amide bonds. The lowest BCUT2D eigenvalue weighted by Crippen LogP contribution is -2.37. The highest BCUT2D eigenvalue weighted by molar-refractivity contribution is 7.98. The van der Waals surface area contributed by atoms with E-state index in [1.54, 1.807) is 0 Å². The predicted octanol–water partition coefficient (Wildman–Crippen LogP) is 2.18. The van der Waals surface area contributed by atoms with Crippen LogP contribution in [0.5, 0.6) is 0 Å². The maximum Gasteiger partial charge on any atom is 0.134 e. The van der Waals surface area contributed by atoms with Gasteiger partial charge in [0.05, 0.1) is 0 Å². The molecule has 3 heteroatoms. The minimum atomic E-state index is 0.443. The molecule has 0 saturated heterocycles. The van der Waals surface area contributed by atoms with Gasteiger partial charge in [-0.3, -0.25) is 4.79 Å². The zero-order valence-electron chi connectivity index (χ0n) is 9.45. The molecule has 14 heavy (non-hydrogen) atoms. The van der Waals surface area contributed by atoms with Gasteiger partial charge in [-0.05, 0) is 38.8 Å². The van der Waals surface area contributed by atoms with Gasteiger partial charge in [0.15, 0.2) is 0 Å². The second-order valence-electron chi connectivity index (χ2n) is 4.23. The molecular weight excluding hydrogens is 194 g/mol. The topological polar surface area (TPSA) is 20.3 Å². The van der Waals surface area contributed by atoms with Gasteiger partial charge in [0, 0.05) is 24.9 Å². The summed E-state index contributed by atoms with van der Waals surface area (Å²) in [5.41, 5.74) is 0. The average Bonchev–Trinajstić information content (AvgIpc) is 2.60. The Morgan fingerprint density at radius 2 is 2.36 bits per heavy atom. The predicted molar refractivity (Wildman–Crippen MR) is 62.9 cm³/mol. The van der Waals surface area contributed by atoms with Crippen molar-refractivity contribution in [2.45, 2.75) is 44.7 Å². The molecule has 0 spiro atoms. The molecule has 1 fully saturated rings. The Morgan fingerprint density at radius 1 is 1.64 bits per heavy atom. The lowest BCUT2D eigenvalue weighted by atomic mass is 10.1. The van der Waals surface area contributed by atoms with Gasteiger partial charge in [0.1, 0.15) is 5.78 Å². The first-order chi connectivity index (χ1) is 6.65. The highest BCUT2D eigenvalue weighted by Crippen LogP contribution is 2.22. The molecule has 0 aliphatic heterocycles. The van der Waals surface area contributed by atoms with E-state index in [4.69, 9.17) is 0 Å². The molecule has 0 bridgehead atoms. The van der Waals surface area contributed by atoms with Crippen LogP contribution in [-0.2, 0) is 4.79 Å². The van der Waals surface area contributed by atoms with E-state index in [9.17, 15) is 4.79 Å². The van der Waals surface area contributed by atoms with Crippen molar-refractivity contribution in [3.05, 3.63) is 0 Å². The Balaban J connectivity index is 2.32. The second kappa shape index (κ2) is 5.76. The fourth-order valence-corrected chi connectivity index (χ4v) is 2.57. The van der Waals surface area contributed by atoms with E-state index >= 15 is 0 Å². The van der Waals surface area contributed by atoms with E-state index in [1.165, 1.54) is 12.2 Å². The molecule has 2 unspecified atom stereocenters. The van der Waals surface area contributed by atoms with Crippen LogP contribution >= 0.6 is 11.8 Å². The van der Waals surface area contributed by atoms with Crippen LogP contribution in [0.3, 0.4) is 0 Å². The molecule has 0 aromatic carbocycles. The van der Waals surface area contributed by atoms with Crippen molar-refractivity contribution >= 4 is 17.5 Å². The first kappa shape index (κ1) is 12.1. The van der Waals surface area contributed by atoms with E-state index in [-0.39, 0.29) is 0 Å².